The number of quaternary nitrogens is 2. The first-order chi connectivity index (χ1) is 15.3. The molecule has 0 aliphatic carbocycles. The monoisotopic (exact) mass is 456 g/mol. The van der Waals surface area contributed by atoms with Crippen LogP contribution >= 0.6 is 0 Å². The SMILES string of the molecule is CCOC(=O)CCCNC(=O)C[N+]12CC[N+](CC(=O)NCCCC(=O)OCC)(CC1)CC2. The van der Waals surface area contributed by atoms with Crippen LogP contribution in [0.3, 0.4) is 0 Å². The molecule has 3 heterocycles. The molecular formula is C22H40N4O6+2. The third-order valence-corrected chi connectivity index (χ3v) is 6.47. The normalized spacial score (nSPS) is 23.9. The average molecular weight is 457 g/mol. The second kappa shape index (κ2) is 12.7. The van der Waals surface area contributed by atoms with Crippen LogP contribution in [0.5, 0.6) is 0 Å². The number of carbonyl (C=O) groups is 4. The van der Waals surface area contributed by atoms with Gasteiger partial charge in [-0.15, -0.1) is 0 Å². The van der Waals surface area contributed by atoms with E-state index in [0.29, 0.717) is 65.1 Å². The molecule has 0 spiro atoms. The molecule has 2 amide bonds. The number of carbonyl (C=O) groups excluding carboxylic acids is 4. The third kappa shape index (κ3) is 8.38. The van der Waals surface area contributed by atoms with E-state index in [4.69, 9.17) is 9.47 Å². The van der Waals surface area contributed by atoms with Crippen LogP contribution < -0.4 is 10.6 Å². The number of piperazine rings is 3. The molecular weight excluding hydrogens is 416 g/mol. The summed E-state index contributed by atoms with van der Waals surface area (Å²) in [5.74, 6) is -0.411. The van der Waals surface area contributed by atoms with Crippen LogP contribution in [0.25, 0.3) is 0 Å². The Labute approximate surface area is 190 Å². The highest BCUT2D eigenvalue weighted by atomic mass is 16.5. The van der Waals surface area contributed by atoms with E-state index >= 15 is 0 Å². The van der Waals surface area contributed by atoms with E-state index in [2.05, 4.69) is 10.6 Å². The molecule has 2 bridgehead atoms. The Morgan fingerprint density at radius 3 is 1.31 bits per heavy atom. The van der Waals surface area contributed by atoms with Crippen LogP contribution in [0.15, 0.2) is 0 Å². The Balaban J connectivity index is 1.64. The first-order valence-corrected chi connectivity index (χ1v) is 11.9. The maximum atomic E-state index is 12.4. The van der Waals surface area contributed by atoms with Gasteiger partial charge in [0.15, 0.2) is 13.1 Å². The van der Waals surface area contributed by atoms with Crippen LogP contribution in [-0.4, -0.2) is 111 Å². The first kappa shape index (κ1) is 26.1. The van der Waals surface area contributed by atoms with Gasteiger partial charge in [0.25, 0.3) is 11.8 Å². The molecule has 3 fully saturated rings. The average Bonchev–Trinajstić information content (AvgIpc) is 2.76. The molecule has 10 nitrogen and oxygen atoms in total. The van der Waals surface area contributed by atoms with Crippen molar-refractivity contribution in [3.63, 3.8) is 0 Å². The molecule has 0 aromatic carbocycles. The summed E-state index contributed by atoms with van der Waals surface area (Å²) < 4.78 is 11.3. The Kier molecular flexibility index (Phi) is 10.4. The third-order valence-electron chi connectivity index (χ3n) is 6.47. The van der Waals surface area contributed by atoms with Crippen LogP contribution in [0.4, 0.5) is 0 Å². The predicted octanol–water partition coefficient (Wildman–Crippen LogP) is -0.434. The molecule has 0 atom stereocenters. The van der Waals surface area contributed by atoms with Crippen molar-refractivity contribution < 1.29 is 37.6 Å². The molecule has 3 saturated heterocycles. The number of esters is 2. The Morgan fingerprint density at radius 1 is 0.656 bits per heavy atom. The van der Waals surface area contributed by atoms with E-state index in [9.17, 15) is 19.2 Å². The lowest BCUT2D eigenvalue weighted by Gasteiger charge is -2.54. The molecule has 0 radical (unpaired) electrons. The van der Waals surface area contributed by atoms with Gasteiger partial charge in [-0.25, -0.2) is 0 Å². The van der Waals surface area contributed by atoms with Crippen LogP contribution in [0, 0.1) is 0 Å². The molecule has 2 N–H and O–H groups in total. The molecule has 3 aliphatic rings. The maximum absolute atomic E-state index is 12.4. The lowest BCUT2D eigenvalue weighted by Crippen LogP contribution is -2.77. The van der Waals surface area contributed by atoms with Gasteiger partial charge in [-0.1, -0.05) is 0 Å². The van der Waals surface area contributed by atoms with Crippen molar-refractivity contribution in [2.24, 2.45) is 0 Å². The van der Waals surface area contributed by atoms with Gasteiger partial charge in [-0.05, 0) is 26.7 Å². The first-order valence-electron chi connectivity index (χ1n) is 11.9. The highest BCUT2D eigenvalue weighted by Crippen LogP contribution is 2.26. The fourth-order valence-electron chi connectivity index (χ4n) is 4.53. The van der Waals surface area contributed by atoms with Crippen molar-refractivity contribution >= 4 is 23.8 Å². The van der Waals surface area contributed by atoms with E-state index in [1.54, 1.807) is 13.8 Å². The van der Waals surface area contributed by atoms with Gasteiger partial charge in [0, 0.05) is 25.9 Å². The number of ether oxygens (including phenoxy) is 2. The number of amides is 2. The van der Waals surface area contributed by atoms with Gasteiger partial charge in [-0.2, -0.15) is 0 Å². The number of nitrogens with one attached hydrogen (secondary N) is 2. The minimum Gasteiger partial charge on any atom is -0.466 e. The van der Waals surface area contributed by atoms with E-state index in [1.165, 1.54) is 0 Å². The second-order valence-corrected chi connectivity index (χ2v) is 8.86. The fourth-order valence-corrected chi connectivity index (χ4v) is 4.53. The smallest absolute Gasteiger partial charge is 0.305 e. The summed E-state index contributed by atoms with van der Waals surface area (Å²) in [6, 6.07) is 0. The number of nitrogens with zero attached hydrogens (tertiary/aromatic N) is 2. The van der Waals surface area contributed by atoms with Crippen LogP contribution in [-0.2, 0) is 28.7 Å². The summed E-state index contributed by atoms with van der Waals surface area (Å²) in [5, 5.41) is 5.85. The van der Waals surface area contributed by atoms with E-state index < -0.39 is 0 Å². The van der Waals surface area contributed by atoms with Crippen LogP contribution in [0.1, 0.15) is 39.5 Å². The van der Waals surface area contributed by atoms with Gasteiger partial charge in [0.05, 0.1) is 13.2 Å². The summed E-state index contributed by atoms with van der Waals surface area (Å²) in [6.45, 7) is 11.6. The predicted molar refractivity (Wildman–Crippen MR) is 117 cm³/mol. The number of fused-ring (bicyclic) bond motifs is 3. The Hall–Kier alpha value is -2.20. The van der Waals surface area contributed by atoms with Crippen molar-refractivity contribution in [2.75, 3.05) is 78.7 Å². The van der Waals surface area contributed by atoms with Gasteiger partial charge in [0.2, 0.25) is 0 Å². The van der Waals surface area contributed by atoms with E-state index in [0.717, 1.165) is 48.2 Å². The zero-order valence-corrected chi connectivity index (χ0v) is 19.7. The van der Waals surface area contributed by atoms with Crippen molar-refractivity contribution in [1.29, 1.82) is 0 Å². The topological polar surface area (TPSA) is 111 Å². The molecule has 32 heavy (non-hydrogen) atoms. The highest BCUT2D eigenvalue weighted by Gasteiger charge is 2.50. The minimum atomic E-state index is -0.229. The second-order valence-electron chi connectivity index (χ2n) is 8.86. The lowest BCUT2D eigenvalue weighted by atomic mass is 10.1. The molecule has 182 valence electrons. The molecule has 10 heteroatoms. The maximum Gasteiger partial charge on any atom is 0.305 e. The van der Waals surface area contributed by atoms with Crippen molar-refractivity contribution in [3.05, 3.63) is 0 Å². The summed E-state index contributed by atoms with van der Waals surface area (Å²) in [6.07, 6.45) is 1.80. The van der Waals surface area contributed by atoms with Crippen molar-refractivity contribution in [3.8, 4) is 0 Å². The molecule has 0 aromatic heterocycles. The minimum absolute atomic E-state index is 0.0232. The summed E-state index contributed by atoms with van der Waals surface area (Å²) in [4.78, 5) is 47.5. The van der Waals surface area contributed by atoms with Gasteiger partial charge < -0.3 is 29.1 Å². The molecule has 0 aromatic rings. The Bertz CT molecular complexity index is 588. The summed E-state index contributed by atoms with van der Waals surface area (Å²) >= 11 is 0. The van der Waals surface area contributed by atoms with E-state index in [-0.39, 0.29) is 23.8 Å². The van der Waals surface area contributed by atoms with Gasteiger partial charge in [0.1, 0.15) is 39.3 Å². The molecule has 0 unspecified atom stereocenters. The molecule has 3 rings (SSSR count). The number of hydrogen-bond donors (Lipinski definition) is 2. The molecule has 3 aliphatic heterocycles. The summed E-state index contributed by atoms with van der Waals surface area (Å²) in [5.41, 5.74) is 0. The number of rotatable bonds is 14. The largest absolute Gasteiger partial charge is 0.466 e. The lowest BCUT2D eigenvalue weighted by molar-refractivity contribution is -1.07. The van der Waals surface area contributed by atoms with E-state index in [1.807, 2.05) is 0 Å². The zero-order valence-electron chi connectivity index (χ0n) is 19.7. The standard InChI is InChI=1S/C22H38N4O6/c1-3-31-21(29)7-5-9-23-19(27)17-25-11-14-26(15-12-25,16-13-25)18-20(28)24-10-6-8-22(30)32-4-2/h3-18H2,1-2H3/p+2. The zero-order chi connectivity index (χ0) is 23.5. The van der Waals surface area contributed by atoms with Crippen molar-refractivity contribution in [2.45, 2.75) is 39.5 Å². The van der Waals surface area contributed by atoms with Crippen molar-refractivity contribution in [1.82, 2.24) is 10.6 Å². The Morgan fingerprint density at radius 2 is 1.00 bits per heavy atom. The molecule has 0 saturated carbocycles. The summed E-state index contributed by atoms with van der Waals surface area (Å²) in [7, 11) is 0. The number of hydrogen-bond acceptors (Lipinski definition) is 6. The fraction of sp³-hybridized carbons (Fsp3) is 0.818. The van der Waals surface area contributed by atoms with Gasteiger partial charge in [-0.3, -0.25) is 19.2 Å². The quantitative estimate of drug-likeness (QED) is 0.208. The van der Waals surface area contributed by atoms with Crippen LogP contribution in [0.2, 0.25) is 0 Å². The van der Waals surface area contributed by atoms with Gasteiger partial charge >= 0.3 is 11.9 Å². The highest BCUT2D eigenvalue weighted by molar-refractivity contribution is 5.77.